The van der Waals surface area contributed by atoms with Gasteiger partial charge in [0.1, 0.15) is 12.1 Å². The van der Waals surface area contributed by atoms with Gasteiger partial charge in [-0.1, -0.05) is 135 Å². The van der Waals surface area contributed by atoms with Crippen LogP contribution >= 0.6 is 0 Å². The van der Waals surface area contributed by atoms with Crippen LogP contribution in [0.1, 0.15) is 133 Å². The van der Waals surface area contributed by atoms with Crippen molar-refractivity contribution in [3.63, 3.8) is 0 Å². The number of aliphatic carboxylic acids is 4. The lowest BCUT2D eigenvalue weighted by Gasteiger charge is -2.36. The zero-order chi connectivity index (χ0) is 60.3. The highest BCUT2D eigenvalue weighted by molar-refractivity contribution is 6.02. The summed E-state index contributed by atoms with van der Waals surface area (Å²) in [6.07, 6.45) is 24.6. The predicted molar refractivity (Wildman–Crippen MR) is 301 cm³/mol. The molecule has 436 valence electrons. The van der Waals surface area contributed by atoms with Crippen LogP contribution in [-0.2, 0) is 47.8 Å². The van der Waals surface area contributed by atoms with Gasteiger partial charge in [-0.2, -0.15) is 0 Å². The molecule has 0 saturated carbocycles. The minimum Gasteiger partial charge on any atom is -0.481 e. The van der Waals surface area contributed by atoms with Crippen molar-refractivity contribution >= 4 is 59.4 Å². The fourth-order valence-electron chi connectivity index (χ4n) is 8.53. The van der Waals surface area contributed by atoms with E-state index in [-0.39, 0.29) is 76.0 Å². The zero-order valence-electron chi connectivity index (χ0n) is 47.6. The number of amides is 4. The number of carboxylic acids is 4. The summed E-state index contributed by atoms with van der Waals surface area (Å²) in [7, 11) is 0. The molecule has 8 N–H and O–H groups in total. The molecule has 0 aromatic heterocycles. The lowest BCUT2D eigenvalue weighted by Crippen LogP contribution is -2.46. The van der Waals surface area contributed by atoms with Crippen LogP contribution in [0, 0.1) is 10.8 Å². The predicted octanol–water partition coefficient (Wildman–Crippen LogP) is 8.80. The summed E-state index contributed by atoms with van der Waals surface area (Å²) < 4.78 is 11.1. The van der Waals surface area contributed by atoms with Gasteiger partial charge in [-0.3, -0.25) is 28.8 Å². The number of hydrogen-bond donors (Lipinski definition) is 8. The molecule has 0 aromatic carbocycles. The fraction of sp³-hybridized carbons (Fsp3) is 0.467. The van der Waals surface area contributed by atoms with Gasteiger partial charge < -0.3 is 51.2 Å². The summed E-state index contributed by atoms with van der Waals surface area (Å²) in [5, 5.41) is 45.3. The molecule has 0 heterocycles. The molecule has 4 unspecified atom stereocenters. The Kier molecular flexibility index (Phi) is 28.3. The molecule has 0 radical (unpaired) electrons. The molecule has 2 aliphatic rings. The number of esters is 2. The first-order valence-electron chi connectivity index (χ1n) is 26.4. The van der Waals surface area contributed by atoms with Crippen LogP contribution in [0.2, 0.25) is 0 Å². The largest absolute Gasteiger partial charge is 0.481 e. The Labute approximate surface area is 468 Å². The minimum atomic E-state index is -1.38. The first kappa shape index (κ1) is 67.9. The quantitative estimate of drug-likeness (QED) is 0.0189. The normalized spacial score (nSPS) is 19.0. The smallest absolute Gasteiger partial charge is 0.326 e. The van der Waals surface area contributed by atoms with Gasteiger partial charge >= 0.3 is 47.9 Å². The van der Waals surface area contributed by atoms with Crippen molar-refractivity contribution in [2.45, 2.75) is 158 Å². The first-order valence-corrected chi connectivity index (χ1v) is 26.4. The van der Waals surface area contributed by atoms with Gasteiger partial charge in [0.2, 0.25) is 0 Å². The van der Waals surface area contributed by atoms with Gasteiger partial charge in [-0.05, 0) is 100 Å². The van der Waals surface area contributed by atoms with E-state index in [0.29, 0.717) is 11.1 Å². The summed E-state index contributed by atoms with van der Waals surface area (Å²) in [6, 6.07) is -4.40. The SMILES string of the molecule is CC1=C(/C=C/C(C)=C/C=C/C(C)=C/C=C/C=C(C)/C=C/C=C(C)/C=C/C2=C(C)C(=O)C(OC(=O)CCCNC(=O)NC(CCC(=O)O)C(=O)O)CC2(C)C)C(C)(C)CC(OC(=O)CCCNC(=O)NC(CCC(=O)O)C(=O)O)C1=O. The molecule has 0 aliphatic heterocycles. The number of carbonyl (C=O) groups is 10. The lowest BCUT2D eigenvalue weighted by atomic mass is 9.71. The second kappa shape index (κ2) is 33.3. The number of urea groups is 2. The third-order valence-corrected chi connectivity index (χ3v) is 13.0. The molecule has 80 heavy (non-hydrogen) atoms. The Balaban J connectivity index is 1.89. The zero-order valence-corrected chi connectivity index (χ0v) is 47.6. The number of nitrogens with one attached hydrogen (secondary N) is 4. The van der Waals surface area contributed by atoms with Gasteiger partial charge in [0.15, 0.2) is 23.8 Å². The molecule has 2 aliphatic carbocycles. The number of hydrogen-bond acceptors (Lipinski definition) is 12. The standard InChI is InChI=1S/C60H80N4O16/c1-37(19-13-21-39(3)25-27-43-41(5)53(71)47(35-59(43,7)8)79-51(69)23-15-33-61-57(77)63-45(55(73)74)29-31-49(65)66)17-11-12-18-38(2)20-14-22-40(4)26-28-44-42(6)54(72)48(36-60(44,9)10)80-52(70)24-16-34-62-58(78)64-46(56(75)76)30-32-50(67)68/h11-14,17-22,25-28,45-48H,15-16,23-24,29-36H2,1-10H3,(H,65,66)(H,67,68)(H,73,74)(H,75,76)(H2,61,63,77)(H2,62,64,78)/b12-11+,19-13+,20-14+,27-25+,28-26+,37-17+,38-18+,39-21+,40-22+. The number of carbonyl (C=O) groups excluding carboxylic acids is 6. The number of carboxylic acid groups (broad SMARTS) is 4. The Morgan fingerprint density at radius 3 is 1.18 bits per heavy atom. The van der Waals surface area contributed by atoms with Crippen LogP contribution in [0.3, 0.4) is 0 Å². The second-order valence-electron chi connectivity index (χ2n) is 21.0. The number of Topliss-reactive ketones (excluding diaryl/α,β-unsaturated/α-hetero) is 2. The summed E-state index contributed by atoms with van der Waals surface area (Å²) in [5.41, 5.74) is 5.61. The maximum absolute atomic E-state index is 13.3. The van der Waals surface area contributed by atoms with E-state index in [2.05, 4.69) is 21.3 Å². The van der Waals surface area contributed by atoms with E-state index in [0.717, 1.165) is 33.4 Å². The molecule has 2 rings (SSSR count). The molecule has 20 heteroatoms. The van der Waals surface area contributed by atoms with Gasteiger partial charge in [0.05, 0.1) is 0 Å². The highest BCUT2D eigenvalue weighted by atomic mass is 16.6. The van der Waals surface area contributed by atoms with E-state index in [4.69, 9.17) is 19.7 Å². The topological polar surface area (TPSA) is 318 Å². The summed E-state index contributed by atoms with van der Waals surface area (Å²) in [5.74, 6) is -6.93. The van der Waals surface area contributed by atoms with Gasteiger partial charge in [-0.15, -0.1) is 0 Å². The number of ether oxygens (including phenoxy) is 2. The first-order chi connectivity index (χ1) is 37.4. The van der Waals surface area contributed by atoms with Crippen molar-refractivity contribution in [2.75, 3.05) is 13.1 Å². The molecular formula is C60H80N4O16. The maximum Gasteiger partial charge on any atom is 0.326 e. The van der Waals surface area contributed by atoms with Crippen LogP contribution in [0.5, 0.6) is 0 Å². The summed E-state index contributed by atoms with van der Waals surface area (Å²) >= 11 is 0. The molecular weight excluding hydrogens is 1030 g/mol. The molecule has 20 nitrogen and oxygen atoms in total. The van der Waals surface area contributed by atoms with Crippen molar-refractivity contribution in [2.24, 2.45) is 10.8 Å². The number of allylic oxidation sites excluding steroid dienone is 20. The van der Waals surface area contributed by atoms with Crippen molar-refractivity contribution in [1.82, 2.24) is 21.3 Å². The van der Waals surface area contributed by atoms with Crippen LogP contribution in [-0.4, -0.2) is 117 Å². The number of ketones is 2. The molecule has 0 aromatic rings. The van der Waals surface area contributed by atoms with Gasteiger partial charge in [0.25, 0.3) is 0 Å². The minimum absolute atomic E-state index is 0.0163. The van der Waals surface area contributed by atoms with Crippen molar-refractivity contribution in [3.05, 3.63) is 130 Å². The van der Waals surface area contributed by atoms with Gasteiger partial charge in [-0.25, -0.2) is 19.2 Å². The van der Waals surface area contributed by atoms with E-state index < -0.39 is 95.8 Å². The van der Waals surface area contributed by atoms with E-state index in [1.165, 1.54) is 0 Å². The third kappa shape index (κ3) is 25.1. The molecule has 0 spiro atoms. The highest BCUT2D eigenvalue weighted by Crippen LogP contribution is 2.42. The highest BCUT2D eigenvalue weighted by Gasteiger charge is 2.41. The Hall–Kier alpha value is -8.16. The lowest BCUT2D eigenvalue weighted by molar-refractivity contribution is -0.156. The second-order valence-corrected chi connectivity index (χ2v) is 21.0. The Morgan fingerprint density at radius 2 is 0.850 bits per heavy atom. The van der Waals surface area contributed by atoms with E-state index in [1.54, 1.807) is 13.8 Å². The van der Waals surface area contributed by atoms with Crippen LogP contribution < -0.4 is 21.3 Å². The van der Waals surface area contributed by atoms with Gasteiger partial charge in [0, 0.05) is 51.6 Å². The van der Waals surface area contributed by atoms with Crippen molar-refractivity contribution < 1.29 is 77.8 Å². The van der Waals surface area contributed by atoms with Crippen molar-refractivity contribution in [3.8, 4) is 0 Å². The fourth-order valence-corrected chi connectivity index (χ4v) is 8.53. The maximum atomic E-state index is 13.3. The van der Waals surface area contributed by atoms with E-state index in [9.17, 15) is 58.2 Å². The summed E-state index contributed by atoms with van der Waals surface area (Å²) in [4.78, 5) is 120. The molecule has 0 saturated heterocycles. The average Bonchev–Trinajstić information content (AvgIpc) is 3.35. The van der Waals surface area contributed by atoms with Crippen LogP contribution in [0.4, 0.5) is 9.59 Å². The average molecular weight is 1110 g/mol. The number of rotatable bonds is 30. The van der Waals surface area contributed by atoms with Crippen molar-refractivity contribution in [1.29, 1.82) is 0 Å². The molecule has 4 atom stereocenters. The molecule has 0 fully saturated rings. The third-order valence-electron chi connectivity index (χ3n) is 13.0. The summed E-state index contributed by atoms with van der Waals surface area (Å²) in [6.45, 7) is 19.2. The Bertz CT molecular complexity index is 2510. The van der Waals surface area contributed by atoms with Crippen LogP contribution in [0.15, 0.2) is 130 Å². The monoisotopic (exact) mass is 1110 g/mol. The van der Waals surface area contributed by atoms with E-state index in [1.807, 2.05) is 140 Å². The Morgan fingerprint density at radius 1 is 0.525 bits per heavy atom. The molecule has 4 amide bonds. The van der Waals surface area contributed by atoms with Crippen LogP contribution in [0.25, 0.3) is 0 Å². The van der Waals surface area contributed by atoms with E-state index >= 15 is 0 Å². The molecule has 0 bridgehead atoms.